The number of guanidine groups is 2. The van der Waals surface area contributed by atoms with Gasteiger partial charge in [0.25, 0.3) is 0 Å². The van der Waals surface area contributed by atoms with E-state index >= 15 is 0 Å². The van der Waals surface area contributed by atoms with Crippen molar-refractivity contribution in [3.8, 4) is 5.75 Å². The zero-order chi connectivity index (χ0) is 56.2. The Kier molecular flexibility index (Phi) is 30.1. The number of nitrogens with one attached hydrogen (secondary N) is 9. The maximum atomic E-state index is 14.1. The third-order valence-corrected chi connectivity index (χ3v) is 12.0. The fourth-order valence-corrected chi connectivity index (χ4v) is 7.60. The number of aliphatic hydroxyl groups excluding tert-OH is 1. The van der Waals surface area contributed by atoms with E-state index in [1.54, 1.807) is 26.0 Å². The highest BCUT2D eigenvalue weighted by Crippen LogP contribution is 2.14. The third-order valence-electron chi connectivity index (χ3n) is 11.3. The first-order chi connectivity index (χ1) is 34.8. The monoisotopic (exact) mass is 1080 g/mol. The highest BCUT2D eigenvalue weighted by atomic mass is 32.1. The van der Waals surface area contributed by atoms with Crippen molar-refractivity contribution in [3.05, 3.63) is 29.8 Å². The lowest BCUT2D eigenvalue weighted by molar-refractivity contribution is -0.137. The van der Waals surface area contributed by atoms with Crippen molar-refractivity contribution in [2.24, 2.45) is 44.8 Å². The van der Waals surface area contributed by atoms with Crippen LogP contribution in [0.4, 0.5) is 0 Å². The summed E-state index contributed by atoms with van der Waals surface area (Å²) in [7, 11) is 1.38. The lowest BCUT2D eigenvalue weighted by Crippen LogP contribution is -2.63. The van der Waals surface area contributed by atoms with E-state index in [0.29, 0.717) is 12.0 Å². The molecule has 416 valence electrons. The van der Waals surface area contributed by atoms with Crippen LogP contribution in [-0.2, 0) is 49.6 Å². The fraction of sp³-hybridized carbons (Fsp3) is 0.630. The predicted molar refractivity (Wildman–Crippen MR) is 285 cm³/mol. The first kappa shape index (κ1) is 65.5. The number of benzene rings is 1. The first-order valence-electron chi connectivity index (χ1n) is 24.2. The van der Waals surface area contributed by atoms with Crippen LogP contribution in [0.15, 0.2) is 34.3 Å². The molecule has 0 heterocycles. The SMILES string of the molecule is CC[C@H](C)[C@H](NC(=O)[C@H](CC(C)C)NC(=O)[C@@H](CS)NC(C)=O)C(=O)N[C@H](C(=O)N[C@@H](CCCN=C(N)N)C(=O)N[C@@H](CS)C(=O)N[C@@H](CCCN=C(N)N)C(=O)N[C@@H](Cc1ccc(O)cc1)C(=O)NC)[C@@H](C)O. The Bertz CT molecular complexity index is 2090. The average molecular weight is 1080 g/mol. The minimum absolute atomic E-state index is 0.00583. The number of nitrogens with zero attached hydrogens (tertiary/aromatic N) is 2. The van der Waals surface area contributed by atoms with E-state index in [0.717, 1.165) is 0 Å². The summed E-state index contributed by atoms with van der Waals surface area (Å²) in [6.45, 7) is 9.57. The Morgan fingerprint density at radius 3 is 1.41 bits per heavy atom. The lowest BCUT2D eigenvalue weighted by Gasteiger charge is -2.30. The number of aliphatic imine (C=N–C) groups is 2. The normalized spacial score (nSPS) is 15.0. The van der Waals surface area contributed by atoms with Crippen molar-refractivity contribution in [3.63, 3.8) is 0 Å². The summed E-state index contributed by atoms with van der Waals surface area (Å²) < 4.78 is 0. The summed E-state index contributed by atoms with van der Waals surface area (Å²) >= 11 is 8.41. The number of hydrogen-bond acceptors (Lipinski definition) is 15. The van der Waals surface area contributed by atoms with Crippen molar-refractivity contribution in [1.82, 2.24) is 47.9 Å². The maximum absolute atomic E-state index is 14.1. The smallest absolute Gasteiger partial charge is 0.245 e. The molecule has 1 aromatic carbocycles. The van der Waals surface area contributed by atoms with E-state index in [1.807, 2.05) is 13.8 Å². The fourth-order valence-electron chi connectivity index (χ4n) is 7.09. The van der Waals surface area contributed by atoms with Gasteiger partial charge in [0.1, 0.15) is 54.1 Å². The largest absolute Gasteiger partial charge is 0.508 e. The van der Waals surface area contributed by atoms with Crippen LogP contribution in [0.1, 0.15) is 85.6 Å². The molecule has 10 atom stereocenters. The van der Waals surface area contributed by atoms with Crippen LogP contribution >= 0.6 is 25.3 Å². The molecule has 26 nitrogen and oxygen atoms in total. The second kappa shape index (κ2) is 34.0. The van der Waals surface area contributed by atoms with Gasteiger partial charge in [0.2, 0.25) is 53.2 Å². The van der Waals surface area contributed by atoms with Gasteiger partial charge in [-0.25, -0.2) is 0 Å². The number of hydrogen-bond donors (Lipinski definition) is 17. The number of rotatable bonds is 33. The number of carbonyl (C=O) groups is 9. The van der Waals surface area contributed by atoms with Crippen molar-refractivity contribution >= 4 is 90.3 Å². The van der Waals surface area contributed by atoms with Crippen LogP contribution in [0, 0.1) is 11.8 Å². The molecule has 0 radical (unpaired) electrons. The molecule has 74 heavy (non-hydrogen) atoms. The van der Waals surface area contributed by atoms with Crippen LogP contribution in [0.2, 0.25) is 0 Å². The van der Waals surface area contributed by atoms with Crippen molar-refractivity contribution < 1.29 is 53.4 Å². The molecule has 0 bridgehead atoms. The van der Waals surface area contributed by atoms with Crippen LogP contribution in [0.3, 0.4) is 0 Å². The number of aromatic hydroxyl groups is 1. The van der Waals surface area contributed by atoms with Gasteiger partial charge in [-0.15, -0.1) is 0 Å². The molecule has 0 saturated carbocycles. The predicted octanol–water partition coefficient (Wildman–Crippen LogP) is -3.98. The molecule has 0 aliphatic heterocycles. The molecule has 0 unspecified atom stereocenters. The topological polar surface area (TPSA) is 431 Å². The second-order valence-corrected chi connectivity index (χ2v) is 18.8. The second-order valence-electron chi connectivity index (χ2n) is 18.0. The maximum Gasteiger partial charge on any atom is 0.245 e. The number of aliphatic hydroxyl groups is 1. The van der Waals surface area contributed by atoms with E-state index in [-0.39, 0.29) is 86.7 Å². The molecule has 28 heteroatoms. The van der Waals surface area contributed by atoms with Crippen molar-refractivity contribution in [2.75, 3.05) is 31.6 Å². The van der Waals surface area contributed by atoms with Gasteiger partial charge in [-0.2, -0.15) is 25.3 Å². The number of likely N-dealkylation sites (N-methyl/N-ethyl adjacent to an activating group) is 1. The third kappa shape index (κ3) is 24.4. The number of thiol groups is 2. The van der Waals surface area contributed by atoms with Gasteiger partial charge in [0, 0.05) is 45.0 Å². The number of amides is 9. The van der Waals surface area contributed by atoms with Gasteiger partial charge >= 0.3 is 0 Å². The molecule has 1 aromatic rings. The molecule has 0 fully saturated rings. The van der Waals surface area contributed by atoms with Gasteiger partial charge in [0.15, 0.2) is 11.9 Å². The lowest BCUT2D eigenvalue weighted by atomic mass is 9.96. The summed E-state index contributed by atoms with van der Waals surface area (Å²) in [5.74, 6) is -8.45. The molecule has 0 spiro atoms. The quantitative estimate of drug-likeness (QED) is 0.0138. The van der Waals surface area contributed by atoms with Gasteiger partial charge in [0.05, 0.1) is 6.10 Å². The van der Waals surface area contributed by atoms with E-state index in [2.05, 4.69) is 83.1 Å². The number of nitrogens with two attached hydrogens (primary N) is 4. The summed E-state index contributed by atoms with van der Waals surface area (Å²) in [4.78, 5) is 129. The van der Waals surface area contributed by atoms with Crippen LogP contribution < -0.4 is 70.8 Å². The van der Waals surface area contributed by atoms with E-state index in [9.17, 15) is 53.4 Å². The van der Waals surface area contributed by atoms with Gasteiger partial charge in [-0.05, 0) is 68.6 Å². The number of phenols is 1. The average Bonchev–Trinajstić information content (AvgIpc) is 3.33. The number of carbonyl (C=O) groups excluding carboxylic acids is 9. The van der Waals surface area contributed by atoms with E-state index < -0.39 is 114 Å². The van der Waals surface area contributed by atoms with Gasteiger partial charge < -0.3 is 81.0 Å². The van der Waals surface area contributed by atoms with Crippen molar-refractivity contribution in [1.29, 1.82) is 0 Å². The van der Waals surface area contributed by atoms with Crippen LogP contribution in [0.25, 0.3) is 0 Å². The summed E-state index contributed by atoms with van der Waals surface area (Å²) in [5, 5.41) is 43.6. The van der Waals surface area contributed by atoms with Gasteiger partial charge in [-0.1, -0.05) is 46.2 Å². The first-order valence-corrected chi connectivity index (χ1v) is 25.4. The minimum atomic E-state index is -1.71. The van der Waals surface area contributed by atoms with Crippen LogP contribution in [-0.4, -0.2) is 161 Å². The Labute approximate surface area is 442 Å². The van der Waals surface area contributed by atoms with Crippen molar-refractivity contribution in [2.45, 2.75) is 141 Å². The molecule has 0 aliphatic rings. The molecule has 0 saturated heterocycles. The molecule has 0 aromatic heterocycles. The molecule has 19 N–H and O–H groups in total. The summed E-state index contributed by atoms with van der Waals surface area (Å²) in [5.41, 5.74) is 22.5. The Morgan fingerprint density at radius 1 is 0.568 bits per heavy atom. The molecular formula is C46H79N15O11S2. The van der Waals surface area contributed by atoms with E-state index in [1.165, 1.54) is 33.0 Å². The Balaban J connectivity index is 3.47. The molecule has 1 rings (SSSR count). The Morgan fingerprint density at radius 2 is 0.973 bits per heavy atom. The molecular weight excluding hydrogens is 1000 g/mol. The minimum Gasteiger partial charge on any atom is -0.508 e. The number of phenolic OH excluding ortho intramolecular Hbond substituents is 1. The van der Waals surface area contributed by atoms with E-state index in [4.69, 9.17) is 22.9 Å². The highest BCUT2D eigenvalue weighted by Gasteiger charge is 2.37. The molecule has 0 aliphatic carbocycles. The molecule has 9 amide bonds. The Hall–Kier alpha value is -6.55. The highest BCUT2D eigenvalue weighted by molar-refractivity contribution is 7.80. The summed E-state index contributed by atoms with van der Waals surface area (Å²) in [6, 6.07) is -4.57. The van der Waals surface area contributed by atoms with Crippen LogP contribution in [0.5, 0.6) is 5.75 Å². The zero-order valence-corrected chi connectivity index (χ0v) is 44.9. The summed E-state index contributed by atoms with van der Waals surface area (Å²) in [6.07, 6.45) is -0.956. The zero-order valence-electron chi connectivity index (χ0n) is 43.1. The van der Waals surface area contributed by atoms with Gasteiger partial charge in [-0.3, -0.25) is 53.1 Å². The standard InChI is InChI=1S/C46H79N15O11S2/c1-8-24(4)35(60-40(68)31(19-23(2)3)57-41(69)33(21-73)54-26(6)63)43(71)61-36(25(5)62)44(72)56-30(12-10-18-53-46(49)50)39(67)59-34(22-74)42(70)55-29(11-9-17-52-45(47)48)38(66)58-32(37(65)51-7)20-27-13-15-28(64)16-14-27/h13-16,23-25,29-36,62,64,73-74H,8-12,17-22H2,1-7H3,(H,51,65)(H,54,63)(H,55,70)(H,56,72)(H,57,69)(H,58,66)(H,59,67)(H,60,68)(H,61,71)(H4,47,48,52)(H4,49,50,53)/t24-,25+,29-,30-,31-,32-,33+,34-,35-,36-/m0/s1.